The summed E-state index contributed by atoms with van der Waals surface area (Å²) in [6.45, 7) is 1.23. The van der Waals surface area contributed by atoms with Crippen molar-refractivity contribution in [1.82, 2.24) is 14.8 Å². The Morgan fingerprint density at radius 1 is 1.23 bits per heavy atom. The summed E-state index contributed by atoms with van der Waals surface area (Å²) in [4.78, 5) is 15.1. The number of aryl methyl sites for hydroxylation is 1. The minimum atomic E-state index is -4.82. The van der Waals surface area contributed by atoms with E-state index < -0.39 is 32.8 Å². The first-order chi connectivity index (χ1) is 14.4. The lowest BCUT2D eigenvalue weighted by Crippen LogP contribution is -2.19. The van der Waals surface area contributed by atoms with Gasteiger partial charge in [-0.1, -0.05) is 29.8 Å². The minimum absolute atomic E-state index is 0.0682. The van der Waals surface area contributed by atoms with Gasteiger partial charge in [-0.3, -0.25) is 4.79 Å². The SMILES string of the molecule is Cc1nc(C(F)(F)F)nn1-c1ccc(NC(=O)Cc2ccccc2Cl)cc1S(N)(=O)=O. The molecule has 13 heteroatoms. The molecule has 0 radical (unpaired) electrons. The maximum Gasteiger partial charge on any atom is 0.453 e. The molecule has 2 aromatic carbocycles. The molecule has 0 aliphatic heterocycles. The van der Waals surface area contributed by atoms with Crippen LogP contribution in [0, 0.1) is 6.92 Å². The Balaban J connectivity index is 1.96. The van der Waals surface area contributed by atoms with E-state index in [4.69, 9.17) is 16.7 Å². The van der Waals surface area contributed by atoms with Gasteiger partial charge in [0, 0.05) is 10.7 Å². The Kier molecular flexibility index (Phi) is 6.07. The maximum atomic E-state index is 12.9. The van der Waals surface area contributed by atoms with Gasteiger partial charge in [0.25, 0.3) is 5.82 Å². The number of rotatable bonds is 5. The molecule has 1 amide bonds. The number of anilines is 1. The van der Waals surface area contributed by atoms with E-state index >= 15 is 0 Å². The molecule has 0 fully saturated rings. The highest BCUT2D eigenvalue weighted by molar-refractivity contribution is 7.89. The van der Waals surface area contributed by atoms with Crippen molar-refractivity contribution < 1.29 is 26.4 Å². The molecule has 1 aromatic heterocycles. The summed E-state index contributed by atoms with van der Waals surface area (Å²) in [7, 11) is -4.39. The standard InChI is InChI=1S/C18H15ClF3N5O3S/c1-10-24-17(18(20,21)22)26-27(10)14-7-6-12(9-15(14)31(23,29)30)25-16(28)8-11-4-2-3-5-13(11)19/h2-7,9H,8H2,1H3,(H,25,28)(H2,23,29,30). The summed E-state index contributed by atoms with van der Waals surface area (Å²) in [5, 5.41) is 11.5. The number of benzene rings is 2. The van der Waals surface area contributed by atoms with Crippen molar-refractivity contribution in [3.05, 3.63) is 64.7 Å². The number of carbonyl (C=O) groups is 1. The molecule has 3 aromatic rings. The van der Waals surface area contributed by atoms with E-state index in [9.17, 15) is 26.4 Å². The highest BCUT2D eigenvalue weighted by Gasteiger charge is 2.37. The second-order valence-electron chi connectivity index (χ2n) is 6.44. The van der Waals surface area contributed by atoms with E-state index in [-0.39, 0.29) is 23.6 Å². The fourth-order valence-electron chi connectivity index (χ4n) is 2.75. The Morgan fingerprint density at radius 2 is 1.90 bits per heavy atom. The van der Waals surface area contributed by atoms with Gasteiger partial charge in [0.1, 0.15) is 10.7 Å². The smallest absolute Gasteiger partial charge is 0.326 e. The quantitative estimate of drug-likeness (QED) is 0.590. The fourth-order valence-corrected chi connectivity index (χ4v) is 3.69. The first-order valence-electron chi connectivity index (χ1n) is 8.57. The van der Waals surface area contributed by atoms with Crippen LogP contribution in [0.4, 0.5) is 18.9 Å². The number of sulfonamides is 1. The third-order valence-corrected chi connectivity index (χ3v) is 5.42. The van der Waals surface area contributed by atoms with Crippen molar-refractivity contribution in [1.29, 1.82) is 0 Å². The van der Waals surface area contributed by atoms with Gasteiger partial charge in [-0.15, -0.1) is 5.10 Å². The normalized spacial score (nSPS) is 12.1. The van der Waals surface area contributed by atoms with Gasteiger partial charge in [0.05, 0.1) is 12.1 Å². The van der Waals surface area contributed by atoms with Gasteiger partial charge < -0.3 is 5.32 Å². The van der Waals surface area contributed by atoms with Gasteiger partial charge in [0.2, 0.25) is 15.9 Å². The molecule has 0 aliphatic carbocycles. The number of hydrogen-bond acceptors (Lipinski definition) is 5. The monoisotopic (exact) mass is 473 g/mol. The Bertz CT molecular complexity index is 1260. The van der Waals surface area contributed by atoms with Crippen molar-refractivity contribution in [3.8, 4) is 5.69 Å². The molecule has 31 heavy (non-hydrogen) atoms. The van der Waals surface area contributed by atoms with E-state index in [1.165, 1.54) is 19.1 Å². The highest BCUT2D eigenvalue weighted by Crippen LogP contribution is 2.29. The van der Waals surface area contributed by atoms with Crippen LogP contribution < -0.4 is 10.5 Å². The number of amides is 1. The summed E-state index contributed by atoms with van der Waals surface area (Å²) in [5.74, 6) is -2.12. The number of halogens is 4. The van der Waals surface area contributed by atoms with Crippen molar-refractivity contribution in [3.63, 3.8) is 0 Å². The molecule has 0 atom stereocenters. The van der Waals surface area contributed by atoms with Crippen LogP contribution >= 0.6 is 11.6 Å². The molecule has 0 saturated carbocycles. The average Bonchev–Trinajstić information content (AvgIpc) is 3.05. The number of primary sulfonamides is 1. The summed E-state index contributed by atoms with van der Waals surface area (Å²) < 4.78 is 63.6. The molecule has 1 heterocycles. The van der Waals surface area contributed by atoms with Crippen molar-refractivity contribution in [2.75, 3.05) is 5.32 Å². The van der Waals surface area contributed by atoms with Crippen molar-refractivity contribution >= 4 is 33.2 Å². The lowest BCUT2D eigenvalue weighted by Gasteiger charge is -2.12. The second-order valence-corrected chi connectivity index (χ2v) is 8.37. The zero-order valence-electron chi connectivity index (χ0n) is 15.8. The first kappa shape index (κ1) is 22.7. The zero-order valence-corrected chi connectivity index (χ0v) is 17.4. The molecule has 164 valence electrons. The number of alkyl halides is 3. The minimum Gasteiger partial charge on any atom is -0.326 e. The van der Waals surface area contributed by atoms with Crippen LogP contribution in [-0.4, -0.2) is 29.1 Å². The zero-order chi connectivity index (χ0) is 23.0. The predicted molar refractivity (Wildman–Crippen MR) is 106 cm³/mol. The number of aromatic nitrogens is 3. The second kappa shape index (κ2) is 8.29. The maximum absolute atomic E-state index is 12.9. The van der Waals surface area contributed by atoms with Crippen LogP contribution in [0.1, 0.15) is 17.2 Å². The molecule has 0 unspecified atom stereocenters. The van der Waals surface area contributed by atoms with Crippen LogP contribution in [0.2, 0.25) is 5.02 Å². The lowest BCUT2D eigenvalue weighted by molar-refractivity contribution is -0.144. The third-order valence-electron chi connectivity index (χ3n) is 4.11. The van der Waals surface area contributed by atoms with Crippen LogP contribution in [0.15, 0.2) is 47.4 Å². The van der Waals surface area contributed by atoms with Gasteiger partial charge in [-0.2, -0.15) is 13.2 Å². The third kappa shape index (κ3) is 5.21. The molecule has 0 bridgehead atoms. The van der Waals surface area contributed by atoms with Crippen LogP contribution in [-0.2, 0) is 27.4 Å². The number of carbonyl (C=O) groups excluding carboxylic acids is 1. The first-order valence-corrected chi connectivity index (χ1v) is 10.5. The van der Waals surface area contributed by atoms with Gasteiger partial charge in [-0.25, -0.2) is 23.2 Å². The van der Waals surface area contributed by atoms with Crippen molar-refractivity contribution in [2.24, 2.45) is 5.14 Å². The average molecular weight is 474 g/mol. The van der Waals surface area contributed by atoms with Gasteiger partial charge in [-0.05, 0) is 36.8 Å². The number of nitrogens with two attached hydrogens (primary N) is 1. The van der Waals surface area contributed by atoms with Gasteiger partial charge >= 0.3 is 6.18 Å². The van der Waals surface area contributed by atoms with Crippen LogP contribution in [0.25, 0.3) is 5.69 Å². The summed E-state index contributed by atoms with van der Waals surface area (Å²) in [6, 6.07) is 10.2. The molecule has 3 N–H and O–H groups in total. The number of hydrogen-bond donors (Lipinski definition) is 2. The van der Waals surface area contributed by atoms with E-state index in [1.54, 1.807) is 24.3 Å². The number of nitrogens with zero attached hydrogens (tertiary/aromatic N) is 3. The molecule has 0 spiro atoms. The van der Waals surface area contributed by atoms with Crippen molar-refractivity contribution in [2.45, 2.75) is 24.4 Å². The van der Waals surface area contributed by atoms with E-state index in [0.29, 0.717) is 10.6 Å². The molecular weight excluding hydrogens is 459 g/mol. The van der Waals surface area contributed by atoms with E-state index in [0.717, 1.165) is 10.7 Å². The van der Waals surface area contributed by atoms with Crippen LogP contribution in [0.5, 0.6) is 0 Å². The molecule has 0 saturated heterocycles. The van der Waals surface area contributed by atoms with E-state index in [1.807, 2.05) is 0 Å². The Labute approximate surface area is 179 Å². The lowest BCUT2D eigenvalue weighted by atomic mass is 10.1. The Morgan fingerprint density at radius 3 is 2.48 bits per heavy atom. The molecule has 8 nitrogen and oxygen atoms in total. The fraction of sp³-hybridized carbons (Fsp3) is 0.167. The molecular formula is C18H15ClF3N5O3S. The summed E-state index contributed by atoms with van der Waals surface area (Å²) >= 11 is 6.02. The Hall–Kier alpha value is -2.96. The largest absolute Gasteiger partial charge is 0.453 e. The molecule has 3 rings (SSSR count). The van der Waals surface area contributed by atoms with Crippen LogP contribution in [0.3, 0.4) is 0 Å². The summed E-state index contributed by atoms with van der Waals surface area (Å²) in [5.41, 5.74) is 0.383. The number of nitrogens with one attached hydrogen (secondary N) is 1. The topological polar surface area (TPSA) is 120 Å². The van der Waals surface area contributed by atoms with E-state index in [2.05, 4.69) is 15.4 Å². The predicted octanol–water partition coefficient (Wildman–Crippen LogP) is 3.08. The molecule has 0 aliphatic rings. The summed E-state index contributed by atoms with van der Waals surface area (Å²) in [6.07, 6.45) is -4.90. The van der Waals surface area contributed by atoms with Gasteiger partial charge in [0.15, 0.2) is 0 Å². The highest BCUT2D eigenvalue weighted by atomic mass is 35.5.